The highest BCUT2D eigenvalue weighted by molar-refractivity contribution is 9.09. The molecule has 1 aromatic heterocycles. The van der Waals surface area contributed by atoms with Gasteiger partial charge >= 0.3 is 6.09 Å². The summed E-state index contributed by atoms with van der Waals surface area (Å²) < 4.78 is 4.90. The average molecular weight is 399 g/mol. The lowest BCUT2D eigenvalue weighted by Crippen LogP contribution is -2.26. The molecule has 0 aliphatic rings. The molecule has 0 fully saturated rings. The minimum atomic E-state index is -0.553. The van der Waals surface area contributed by atoms with Crippen LogP contribution in [-0.4, -0.2) is 29.3 Å². The lowest BCUT2D eigenvalue weighted by Gasteiger charge is -2.21. The fraction of sp³-hybridized carbons (Fsp3) is 0.105. The van der Waals surface area contributed by atoms with Gasteiger partial charge in [0.15, 0.2) is 5.78 Å². The fourth-order valence-corrected chi connectivity index (χ4v) is 2.86. The van der Waals surface area contributed by atoms with Crippen LogP contribution in [0, 0.1) is 0 Å². The summed E-state index contributed by atoms with van der Waals surface area (Å²) in [7, 11) is 1.32. The van der Waals surface area contributed by atoms with Crippen molar-refractivity contribution in [1.82, 2.24) is 4.98 Å². The number of para-hydroxylation sites is 2. The highest BCUT2D eigenvalue weighted by atomic mass is 79.9. The van der Waals surface area contributed by atoms with Gasteiger partial charge in [-0.15, -0.1) is 0 Å². The Kier molecular flexibility index (Phi) is 5.09. The van der Waals surface area contributed by atoms with E-state index in [1.807, 2.05) is 36.4 Å². The molecular formula is C19H15BrN2O3. The quantitative estimate of drug-likeness (QED) is 0.471. The molecule has 25 heavy (non-hydrogen) atoms. The third-order valence-electron chi connectivity index (χ3n) is 3.73. The number of amides is 1. The molecule has 3 rings (SSSR count). The monoisotopic (exact) mass is 398 g/mol. The highest BCUT2D eigenvalue weighted by Crippen LogP contribution is 2.28. The Labute approximate surface area is 153 Å². The van der Waals surface area contributed by atoms with E-state index in [4.69, 9.17) is 4.74 Å². The molecule has 0 N–H and O–H groups in total. The Bertz CT molecular complexity index is 928. The molecule has 126 valence electrons. The first kappa shape index (κ1) is 17.1. The summed E-state index contributed by atoms with van der Waals surface area (Å²) in [5.41, 5.74) is 1.69. The van der Waals surface area contributed by atoms with E-state index in [0.717, 1.165) is 5.39 Å². The van der Waals surface area contributed by atoms with Gasteiger partial charge < -0.3 is 4.74 Å². The van der Waals surface area contributed by atoms with Gasteiger partial charge in [-0.2, -0.15) is 0 Å². The van der Waals surface area contributed by atoms with Crippen molar-refractivity contribution in [2.45, 2.75) is 0 Å². The van der Waals surface area contributed by atoms with E-state index in [0.29, 0.717) is 22.6 Å². The van der Waals surface area contributed by atoms with E-state index >= 15 is 0 Å². The van der Waals surface area contributed by atoms with Crippen molar-refractivity contribution in [2.75, 3.05) is 17.3 Å². The minimum Gasteiger partial charge on any atom is -0.452 e. The van der Waals surface area contributed by atoms with Crippen LogP contribution in [0.25, 0.3) is 10.9 Å². The van der Waals surface area contributed by atoms with E-state index in [1.54, 1.807) is 24.3 Å². The van der Waals surface area contributed by atoms with Gasteiger partial charge in [0.2, 0.25) is 0 Å². The third-order valence-corrected chi connectivity index (χ3v) is 4.24. The number of halogens is 1. The summed E-state index contributed by atoms with van der Waals surface area (Å²) in [6.45, 7) is 0. The molecule has 5 nitrogen and oxygen atoms in total. The van der Waals surface area contributed by atoms with Crippen molar-refractivity contribution in [1.29, 1.82) is 0 Å². The van der Waals surface area contributed by atoms with Crippen LogP contribution in [0.1, 0.15) is 10.4 Å². The van der Waals surface area contributed by atoms with Gasteiger partial charge in [0.1, 0.15) is 5.82 Å². The maximum atomic E-state index is 12.3. The molecule has 0 unspecified atom stereocenters. The summed E-state index contributed by atoms with van der Waals surface area (Å²) in [4.78, 5) is 30.4. The van der Waals surface area contributed by atoms with Crippen molar-refractivity contribution < 1.29 is 14.3 Å². The number of anilines is 2. The number of nitrogens with zero attached hydrogens (tertiary/aromatic N) is 2. The second-order valence-electron chi connectivity index (χ2n) is 5.24. The Morgan fingerprint density at radius 2 is 1.80 bits per heavy atom. The van der Waals surface area contributed by atoms with Crippen LogP contribution in [0.4, 0.5) is 16.3 Å². The number of hydrogen-bond acceptors (Lipinski definition) is 4. The summed E-state index contributed by atoms with van der Waals surface area (Å²) in [5, 5.41) is 1.03. The van der Waals surface area contributed by atoms with Crippen molar-refractivity contribution in [3.63, 3.8) is 0 Å². The smallest absolute Gasteiger partial charge is 0.419 e. The molecule has 1 amide bonds. The zero-order valence-electron chi connectivity index (χ0n) is 13.5. The number of hydrogen-bond donors (Lipinski definition) is 0. The van der Waals surface area contributed by atoms with Crippen LogP contribution in [0.5, 0.6) is 0 Å². The molecule has 1 heterocycles. The van der Waals surface area contributed by atoms with E-state index in [9.17, 15) is 9.59 Å². The Balaban J connectivity index is 2.19. The SMILES string of the molecule is COC(=O)N(c1ccccc1)c1ccc2cccc(C(=O)CBr)c2n1. The second-order valence-corrected chi connectivity index (χ2v) is 5.81. The average Bonchev–Trinajstić information content (AvgIpc) is 2.67. The van der Waals surface area contributed by atoms with Crippen LogP contribution in [0.15, 0.2) is 60.7 Å². The molecule has 2 aromatic carbocycles. The molecule has 0 aliphatic carbocycles. The number of fused-ring (bicyclic) bond motifs is 1. The Morgan fingerprint density at radius 1 is 1.04 bits per heavy atom. The van der Waals surface area contributed by atoms with Crippen molar-refractivity contribution in [2.24, 2.45) is 0 Å². The lowest BCUT2D eigenvalue weighted by atomic mass is 10.1. The molecule has 0 saturated heterocycles. The first-order valence-electron chi connectivity index (χ1n) is 7.57. The number of aromatic nitrogens is 1. The van der Waals surface area contributed by atoms with Gasteiger partial charge in [-0.1, -0.05) is 46.3 Å². The van der Waals surface area contributed by atoms with Gasteiger partial charge in [-0.05, 0) is 30.3 Å². The number of ether oxygens (including phenoxy) is 1. The molecule has 6 heteroatoms. The first-order chi connectivity index (χ1) is 12.2. The van der Waals surface area contributed by atoms with Gasteiger partial charge in [0, 0.05) is 10.9 Å². The van der Waals surface area contributed by atoms with Crippen molar-refractivity contribution >= 4 is 50.2 Å². The van der Waals surface area contributed by atoms with Crippen LogP contribution in [0.2, 0.25) is 0 Å². The standard InChI is InChI=1S/C19H15BrN2O3/c1-25-19(24)22(14-7-3-2-4-8-14)17-11-10-13-6-5-9-15(16(23)12-20)18(13)21-17/h2-11H,12H2,1H3. The Hall–Kier alpha value is -2.73. The number of ketones is 1. The second kappa shape index (κ2) is 7.44. The lowest BCUT2D eigenvalue weighted by molar-refractivity contribution is 0.102. The maximum Gasteiger partial charge on any atom is 0.419 e. The number of benzene rings is 2. The molecule has 0 aliphatic heterocycles. The molecule has 0 saturated carbocycles. The van der Waals surface area contributed by atoms with Crippen molar-refractivity contribution in [3.05, 3.63) is 66.2 Å². The summed E-state index contributed by atoms with van der Waals surface area (Å²) >= 11 is 3.19. The van der Waals surface area contributed by atoms with E-state index in [1.165, 1.54) is 12.0 Å². The van der Waals surface area contributed by atoms with Gasteiger partial charge in [0.05, 0.1) is 23.6 Å². The van der Waals surface area contributed by atoms with E-state index in [-0.39, 0.29) is 11.1 Å². The van der Waals surface area contributed by atoms with Gasteiger partial charge in [0.25, 0.3) is 0 Å². The van der Waals surface area contributed by atoms with Crippen LogP contribution in [-0.2, 0) is 4.74 Å². The normalized spacial score (nSPS) is 10.5. The summed E-state index contributed by atoms with van der Waals surface area (Å²) in [5.74, 6) is 0.319. The topological polar surface area (TPSA) is 59.5 Å². The number of rotatable bonds is 4. The van der Waals surface area contributed by atoms with Crippen LogP contribution in [0.3, 0.4) is 0 Å². The number of carbonyl (C=O) groups is 2. The van der Waals surface area contributed by atoms with E-state index < -0.39 is 6.09 Å². The molecule has 0 spiro atoms. The highest BCUT2D eigenvalue weighted by Gasteiger charge is 2.21. The zero-order valence-corrected chi connectivity index (χ0v) is 15.1. The van der Waals surface area contributed by atoms with Crippen molar-refractivity contribution in [3.8, 4) is 0 Å². The number of carbonyl (C=O) groups excluding carboxylic acids is 2. The molecule has 3 aromatic rings. The predicted molar refractivity (Wildman–Crippen MR) is 101 cm³/mol. The minimum absolute atomic E-state index is 0.0698. The predicted octanol–water partition coefficient (Wildman–Crippen LogP) is 4.72. The first-order valence-corrected chi connectivity index (χ1v) is 8.70. The third kappa shape index (κ3) is 3.39. The van der Waals surface area contributed by atoms with Crippen LogP contribution < -0.4 is 4.90 Å². The Morgan fingerprint density at radius 3 is 2.48 bits per heavy atom. The molecule has 0 atom stereocenters. The number of pyridine rings is 1. The molecular weight excluding hydrogens is 384 g/mol. The van der Waals surface area contributed by atoms with Gasteiger partial charge in [-0.3, -0.25) is 4.79 Å². The number of alkyl halides is 1. The molecule has 0 radical (unpaired) electrons. The van der Waals surface area contributed by atoms with E-state index in [2.05, 4.69) is 20.9 Å². The fourth-order valence-electron chi connectivity index (χ4n) is 2.56. The van der Waals surface area contributed by atoms with Crippen LogP contribution >= 0.6 is 15.9 Å². The van der Waals surface area contributed by atoms with Gasteiger partial charge in [-0.25, -0.2) is 14.7 Å². The zero-order chi connectivity index (χ0) is 17.8. The molecule has 0 bridgehead atoms. The largest absolute Gasteiger partial charge is 0.452 e. The summed E-state index contributed by atoms with van der Waals surface area (Å²) in [6, 6.07) is 18.1. The number of Topliss-reactive ketones (excluding diaryl/α,β-unsaturated/α-hetero) is 1. The maximum absolute atomic E-state index is 12.3. The summed E-state index contributed by atoms with van der Waals surface area (Å²) in [6.07, 6.45) is -0.553. The number of methoxy groups -OCH3 is 1.